The number of guanidine groups is 1. The second-order valence-electron chi connectivity index (χ2n) is 7.71. The molecule has 2 fully saturated rings. The highest BCUT2D eigenvalue weighted by molar-refractivity contribution is 5.79. The minimum absolute atomic E-state index is 0.684. The van der Waals surface area contributed by atoms with Gasteiger partial charge in [-0.05, 0) is 37.3 Å². The number of aliphatic imine (C=N–C) groups is 1. The molecule has 0 amide bonds. The van der Waals surface area contributed by atoms with E-state index in [4.69, 9.17) is 18.9 Å². The van der Waals surface area contributed by atoms with E-state index in [0.29, 0.717) is 5.92 Å². The van der Waals surface area contributed by atoms with E-state index in [0.717, 1.165) is 103 Å². The third-order valence-corrected chi connectivity index (χ3v) is 5.47. The molecule has 1 aromatic heterocycles. The van der Waals surface area contributed by atoms with Crippen LogP contribution in [0.5, 0.6) is 0 Å². The zero-order chi connectivity index (χ0) is 19.4. The number of nitrogens with zero attached hydrogens (tertiary/aromatic N) is 3. The summed E-state index contributed by atoms with van der Waals surface area (Å²) in [6.07, 6.45) is 5.95. The minimum atomic E-state index is 0.684. The van der Waals surface area contributed by atoms with Crippen molar-refractivity contribution in [1.29, 1.82) is 0 Å². The second kappa shape index (κ2) is 12.1. The molecule has 7 heteroatoms. The fourth-order valence-electron chi connectivity index (χ4n) is 3.77. The molecule has 7 nitrogen and oxygen atoms in total. The first kappa shape index (κ1) is 21.1. The number of morpholine rings is 1. The van der Waals surface area contributed by atoms with Crippen LogP contribution in [0.25, 0.3) is 0 Å². The molecule has 0 atom stereocenters. The van der Waals surface area contributed by atoms with E-state index in [1.807, 2.05) is 12.1 Å². The highest BCUT2D eigenvalue weighted by atomic mass is 16.5. The molecule has 0 aromatic carbocycles. The minimum Gasteiger partial charge on any atom is -0.469 e. The summed E-state index contributed by atoms with van der Waals surface area (Å²) in [4.78, 5) is 9.66. The Labute approximate surface area is 169 Å². The molecule has 0 radical (unpaired) electrons. The van der Waals surface area contributed by atoms with E-state index in [-0.39, 0.29) is 0 Å². The summed E-state index contributed by atoms with van der Waals surface area (Å²) < 4.78 is 16.4. The lowest BCUT2D eigenvalue weighted by atomic mass is 10.00. The maximum Gasteiger partial charge on any atom is 0.193 e. The maximum absolute atomic E-state index is 5.50. The van der Waals surface area contributed by atoms with Crippen molar-refractivity contribution < 1.29 is 13.9 Å². The molecular formula is C21H36N4O3. The van der Waals surface area contributed by atoms with Crippen LogP contribution < -0.4 is 5.32 Å². The van der Waals surface area contributed by atoms with E-state index in [2.05, 4.69) is 22.2 Å². The molecule has 0 saturated carbocycles. The predicted octanol–water partition coefficient (Wildman–Crippen LogP) is 1.85. The van der Waals surface area contributed by atoms with Crippen LogP contribution in [-0.2, 0) is 15.9 Å². The third kappa shape index (κ3) is 7.45. The largest absolute Gasteiger partial charge is 0.469 e. The Morgan fingerprint density at radius 1 is 1.21 bits per heavy atom. The number of rotatable bonds is 9. The number of furan rings is 1. The summed E-state index contributed by atoms with van der Waals surface area (Å²) in [6.45, 7) is 9.37. The van der Waals surface area contributed by atoms with Crippen LogP contribution in [0.1, 0.15) is 25.0 Å². The van der Waals surface area contributed by atoms with Crippen LogP contribution in [0.3, 0.4) is 0 Å². The van der Waals surface area contributed by atoms with Crippen molar-refractivity contribution in [3.05, 3.63) is 24.2 Å². The van der Waals surface area contributed by atoms with Gasteiger partial charge in [0.25, 0.3) is 0 Å². The van der Waals surface area contributed by atoms with Crippen LogP contribution in [-0.4, -0.2) is 88.5 Å². The van der Waals surface area contributed by atoms with Gasteiger partial charge in [0.1, 0.15) is 5.76 Å². The summed E-state index contributed by atoms with van der Waals surface area (Å²) in [5.41, 5.74) is 0. The Hall–Kier alpha value is -1.57. The lowest BCUT2D eigenvalue weighted by molar-refractivity contribution is 0.0377. The lowest BCUT2D eigenvalue weighted by Gasteiger charge is -2.29. The van der Waals surface area contributed by atoms with Crippen molar-refractivity contribution in [1.82, 2.24) is 15.1 Å². The fourth-order valence-corrected chi connectivity index (χ4v) is 3.77. The molecule has 0 unspecified atom stereocenters. The second-order valence-corrected chi connectivity index (χ2v) is 7.71. The SMILES string of the molecule is CN(CC1CCOCC1)C(=NCCCN1CCOCC1)NCCc1ccco1. The van der Waals surface area contributed by atoms with Crippen LogP contribution in [0.15, 0.2) is 27.8 Å². The van der Waals surface area contributed by atoms with Gasteiger partial charge < -0.3 is 24.1 Å². The van der Waals surface area contributed by atoms with Crippen molar-refractivity contribution >= 4 is 5.96 Å². The van der Waals surface area contributed by atoms with Gasteiger partial charge in [-0.2, -0.15) is 0 Å². The number of hydrogen-bond acceptors (Lipinski definition) is 5. The molecule has 1 aromatic rings. The smallest absolute Gasteiger partial charge is 0.193 e. The molecule has 3 rings (SSSR count). The average Bonchev–Trinajstić information content (AvgIpc) is 3.25. The average molecular weight is 393 g/mol. The highest BCUT2D eigenvalue weighted by Crippen LogP contribution is 2.15. The van der Waals surface area contributed by atoms with Crippen LogP contribution in [0, 0.1) is 5.92 Å². The van der Waals surface area contributed by atoms with E-state index in [9.17, 15) is 0 Å². The van der Waals surface area contributed by atoms with Gasteiger partial charge in [-0.3, -0.25) is 9.89 Å². The van der Waals surface area contributed by atoms with Gasteiger partial charge in [-0.15, -0.1) is 0 Å². The van der Waals surface area contributed by atoms with Gasteiger partial charge in [0.2, 0.25) is 0 Å². The first-order valence-electron chi connectivity index (χ1n) is 10.7. The van der Waals surface area contributed by atoms with E-state index in [1.54, 1.807) is 6.26 Å². The van der Waals surface area contributed by atoms with Gasteiger partial charge in [0.05, 0.1) is 19.5 Å². The topological polar surface area (TPSA) is 62.5 Å². The summed E-state index contributed by atoms with van der Waals surface area (Å²) in [5, 5.41) is 3.54. The van der Waals surface area contributed by atoms with Crippen molar-refractivity contribution in [3.8, 4) is 0 Å². The molecule has 158 valence electrons. The molecule has 3 heterocycles. The fraction of sp³-hybridized carbons (Fsp3) is 0.762. The van der Waals surface area contributed by atoms with Gasteiger partial charge in [0, 0.05) is 66.0 Å². The first-order chi connectivity index (χ1) is 13.8. The standard InChI is InChI=1S/C21H36N4O3/c1-24(18-19-6-14-26-15-7-19)21(23-9-5-20-4-2-13-28-20)22-8-3-10-25-11-16-27-17-12-25/h2,4,13,19H,3,5-12,14-18H2,1H3,(H,22,23). The van der Waals surface area contributed by atoms with Gasteiger partial charge in [0.15, 0.2) is 5.96 Å². The number of nitrogens with one attached hydrogen (secondary N) is 1. The molecule has 0 bridgehead atoms. The highest BCUT2D eigenvalue weighted by Gasteiger charge is 2.18. The first-order valence-corrected chi connectivity index (χ1v) is 10.7. The Balaban J connectivity index is 1.46. The van der Waals surface area contributed by atoms with Crippen molar-refractivity contribution in [3.63, 3.8) is 0 Å². The van der Waals surface area contributed by atoms with Crippen molar-refractivity contribution in [2.75, 3.05) is 72.7 Å². The molecule has 1 N–H and O–H groups in total. The molecule has 0 spiro atoms. The lowest BCUT2D eigenvalue weighted by Crippen LogP contribution is -2.43. The summed E-state index contributed by atoms with van der Waals surface area (Å²) in [6, 6.07) is 3.96. The van der Waals surface area contributed by atoms with Crippen LogP contribution in [0.4, 0.5) is 0 Å². The normalized spacial score (nSPS) is 19.7. The van der Waals surface area contributed by atoms with Gasteiger partial charge in [-0.1, -0.05) is 0 Å². The molecular weight excluding hydrogens is 356 g/mol. The summed E-state index contributed by atoms with van der Waals surface area (Å²) >= 11 is 0. The van der Waals surface area contributed by atoms with E-state index < -0.39 is 0 Å². The maximum atomic E-state index is 5.50. The molecule has 2 aliphatic heterocycles. The summed E-state index contributed by atoms with van der Waals surface area (Å²) in [5.74, 6) is 2.69. The van der Waals surface area contributed by atoms with Gasteiger partial charge >= 0.3 is 0 Å². The Morgan fingerprint density at radius 2 is 2.00 bits per heavy atom. The molecule has 2 saturated heterocycles. The number of ether oxygens (including phenoxy) is 2. The van der Waals surface area contributed by atoms with Crippen LogP contribution >= 0.6 is 0 Å². The zero-order valence-electron chi connectivity index (χ0n) is 17.3. The zero-order valence-corrected chi connectivity index (χ0v) is 17.3. The van der Waals surface area contributed by atoms with Crippen molar-refractivity contribution in [2.24, 2.45) is 10.9 Å². The van der Waals surface area contributed by atoms with Crippen molar-refractivity contribution in [2.45, 2.75) is 25.7 Å². The molecule has 0 aliphatic carbocycles. The number of hydrogen-bond donors (Lipinski definition) is 1. The molecule has 28 heavy (non-hydrogen) atoms. The summed E-state index contributed by atoms with van der Waals surface area (Å²) in [7, 11) is 2.15. The molecule has 2 aliphatic rings. The van der Waals surface area contributed by atoms with Crippen LogP contribution in [0.2, 0.25) is 0 Å². The Bertz CT molecular complexity index is 552. The quantitative estimate of drug-likeness (QED) is 0.393. The monoisotopic (exact) mass is 392 g/mol. The van der Waals surface area contributed by atoms with E-state index >= 15 is 0 Å². The predicted molar refractivity (Wildman–Crippen MR) is 111 cm³/mol. The third-order valence-electron chi connectivity index (χ3n) is 5.47. The van der Waals surface area contributed by atoms with Gasteiger partial charge in [-0.25, -0.2) is 0 Å². The van der Waals surface area contributed by atoms with E-state index in [1.165, 1.54) is 0 Å². The Morgan fingerprint density at radius 3 is 2.75 bits per heavy atom. The Kier molecular flexibility index (Phi) is 9.13.